The van der Waals surface area contributed by atoms with Crippen LogP contribution in [0.5, 0.6) is 5.75 Å². The van der Waals surface area contributed by atoms with E-state index in [2.05, 4.69) is 10.6 Å². The van der Waals surface area contributed by atoms with E-state index in [1.165, 1.54) is 0 Å². The smallest absolute Gasteiger partial charge is 0.315 e. The van der Waals surface area contributed by atoms with Crippen molar-refractivity contribution in [2.75, 3.05) is 20.3 Å². The van der Waals surface area contributed by atoms with Crippen LogP contribution < -0.4 is 15.4 Å². The molecule has 3 N–H and O–H groups in total. The van der Waals surface area contributed by atoms with Crippen molar-refractivity contribution in [3.63, 3.8) is 0 Å². The lowest BCUT2D eigenvalue weighted by Gasteiger charge is -2.14. The Morgan fingerprint density at radius 3 is 2.58 bits per heavy atom. The van der Waals surface area contributed by atoms with Crippen LogP contribution in [0.15, 0.2) is 24.3 Å². The standard InChI is InChI=1S/C14H22N2O3/c1-3-12(10-17)16-14(18)15-9-8-11-4-6-13(19-2)7-5-11/h4-7,12,17H,3,8-10H2,1-2H3,(H2,15,16,18). The molecule has 1 aromatic carbocycles. The number of hydrogen-bond acceptors (Lipinski definition) is 3. The van der Waals surface area contributed by atoms with Crippen molar-refractivity contribution in [3.8, 4) is 5.75 Å². The minimum atomic E-state index is -0.241. The van der Waals surface area contributed by atoms with Gasteiger partial charge in [0.05, 0.1) is 19.8 Å². The molecule has 0 fully saturated rings. The van der Waals surface area contributed by atoms with Crippen molar-refractivity contribution in [1.82, 2.24) is 10.6 Å². The fraction of sp³-hybridized carbons (Fsp3) is 0.500. The van der Waals surface area contributed by atoms with Crippen LogP contribution in [0.3, 0.4) is 0 Å². The summed E-state index contributed by atoms with van der Waals surface area (Å²) in [6.07, 6.45) is 1.47. The molecule has 0 spiro atoms. The van der Waals surface area contributed by atoms with Gasteiger partial charge in [-0.05, 0) is 30.5 Å². The van der Waals surface area contributed by atoms with Gasteiger partial charge in [0.25, 0.3) is 0 Å². The summed E-state index contributed by atoms with van der Waals surface area (Å²) >= 11 is 0. The van der Waals surface area contributed by atoms with E-state index in [9.17, 15) is 4.79 Å². The van der Waals surface area contributed by atoms with Gasteiger partial charge in [0.1, 0.15) is 5.75 Å². The Morgan fingerprint density at radius 2 is 2.05 bits per heavy atom. The molecule has 0 aliphatic rings. The third-order valence-electron chi connectivity index (χ3n) is 2.91. The lowest BCUT2D eigenvalue weighted by molar-refractivity contribution is 0.214. The number of ether oxygens (including phenoxy) is 1. The first-order valence-corrected chi connectivity index (χ1v) is 6.47. The Labute approximate surface area is 114 Å². The molecule has 1 unspecified atom stereocenters. The van der Waals surface area contributed by atoms with E-state index >= 15 is 0 Å². The lowest BCUT2D eigenvalue weighted by atomic mass is 10.1. The topological polar surface area (TPSA) is 70.6 Å². The van der Waals surface area contributed by atoms with Gasteiger partial charge in [-0.3, -0.25) is 0 Å². The number of methoxy groups -OCH3 is 1. The van der Waals surface area contributed by atoms with Crippen molar-refractivity contribution >= 4 is 6.03 Å². The normalized spacial score (nSPS) is 11.7. The molecule has 19 heavy (non-hydrogen) atoms. The van der Waals surface area contributed by atoms with Gasteiger partial charge in [-0.15, -0.1) is 0 Å². The summed E-state index contributed by atoms with van der Waals surface area (Å²) in [5, 5.41) is 14.4. The number of amides is 2. The number of aliphatic hydroxyl groups is 1. The van der Waals surface area contributed by atoms with Crippen LogP contribution in [0.2, 0.25) is 0 Å². The summed E-state index contributed by atoms with van der Waals surface area (Å²) in [6.45, 7) is 2.43. The number of carbonyl (C=O) groups excluding carboxylic acids is 1. The number of hydrogen-bond donors (Lipinski definition) is 3. The molecule has 2 amide bonds. The molecule has 0 bridgehead atoms. The molecule has 0 saturated heterocycles. The summed E-state index contributed by atoms with van der Waals surface area (Å²) in [5.41, 5.74) is 1.13. The van der Waals surface area contributed by atoms with Gasteiger partial charge in [0.15, 0.2) is 0 Å². The lowest BCUT2D eigenvalue weighted by Crippen LogP contribution is -2.44. The number of carbonyl (C=O) groups is 1. The number of benzene rings is 1. The number of rotatable bonds is 7. The highest BCUT2D eigenvalue weighted by Crippen LogP contribution is 2.11. The summed E-state index contributed by atoms with van der Waals surface area (Å²) in [5.74, 6) is 0.822. The summed E-state index contributed by atoms with van der Waals surface area (Å²) in [4.78, 5) is 11.5. The van der Waals surface area contributed by atoms with Gasteiger partial charge in [0.2, 0.25) is 0 Å². The second-order valence-corrected chi connectivity index (χ2v) is 4.29. The molecule has 1 aromatic rings. The van der Waals surface area contributed by atoms with Gasteiger partial charge in [-0.25, -0.2) is 4.79 Å². The molecule has 0 aliphatic carbocycles. The van der Waals surface area contributed by atoms with Crippen LogP contribution in [-0.4, -0.2) is 37.4 Å². The van der Waals surface area contributed by atoms with Crippen LogP contribution in [0.4, 0.5) is 4.79 Å². The molecule has 5 heteroatoms. The van der Waals surface area contributed by atoms with E-state index in [0.717, 1.165) is 17.7 Å². The fourth-order valence-corrected chi connectivity index (χ4v) is 1.63. The zero-order valence-electron chi connectivity index (χ0n) is 11.5. The van der Waals surface area contributed by atoms with Crippen LogP contribution in [0.25, 0.3) is 0 Å². The Kier molecular flexibility index (Phi) is 6.74. The largest absolute Gasteiger partial charge is 0.497 e. The molecule has 0 radical (unpaired) electrons. The fourth-order valence-electron chi connectivity index (χ4n) is 1.63. The molecule has 1 atom stereocenters. The van der Waals surface area contributed by atoms with Crippen molar-refractivity contribution in [2.24, 2.45) is 0 Å². The first-order chi connectivity index (χ1) is 9.19. The Balaban J connectivity index is 2.27. The number of nitrogens with one attached hydrogen (secondary N) is 2. The molecule has 106 valence electrons. The van der Waals surface area contributed by atoms with Crippen LogP contribution in [-0.2, 0) is 6.42 Å². The average molecular weight is 266 g/mol. The molecular formula is C14H22N2O3. The highest BCUT2D eigenvalue weighted by atomic mass is 16.5. The first-order valence-electron chi connectivity index (χ1n) is 6.47. The molecule has 5 nitrogen and oxygen atoms in total. The van der Waals surface area contributed by atoms with E-state index in [4.69, 9.17) is 9.84 Å². The zero-order chi connectivity index (χ0) is 14.1. The van der Waals surface area contributed by atoms with Crippen LogP contribution in [0.1, 0.15) is 18.9 Å². The maximum absolute atomic E-state index is 11.5. The van der Waals surface area contributed by atoms with Crippen LogP contribution in [0, 0.1) is 0 Å². The van der Waals surface area contributed by atoms with Crippen LogP contribution >= 0.6 is 0 Å². The SMILES string of the molecule is CCC(CO)NC(=O)NCCc1ccc(OC)cc1. The minimum Gasteiger partial charge on any atom is -0.497 e. The molecule has 0 aliphatic heterocycles. The van der Waals surface area contributed by atoms with E-state index in [1.807, 2.05) is 31.2 Å². The second kappa shape index (κ2) is 8.37. The van der Waals surface area contributed by atoms with Gasteiger partial charge >= 0.3 is 6.03 Å². The van der Waals surface area contributed by atoms with Crippen molar-refractivity contribution in [1.29, 1.82) is 0 Å². The molecule has 0 aromatic heterocycles. The third kappa shape index (κ3) is 5.61. The van der Waals surface area contributed by atoms with Gasteiger partial charge < -0.3 is 20.5 Å². The summed E-state index contributed by atoms with van der Waals surface area (Å²) in [6, 6.07) is 7.32. The Hall–Kier alpha value is -1.75. The van der Waals surface area contributed by atoms with E-state index < -0.39 is 0 Å². The number of aliphatic hydroxyl groups excluding tert-OH is 1. The van der Waals surface area contributed by atoms with Gasteiger partial charge in [0, 0.05) is 6.54 Å². The number of urea groups is 1. The van der Waals surface area contributed by atoms with Crippen molar-refractivity contribution < 1.29 is 14.6 Å². The van der Waals surface area contributed by atoms with Gasteiger partial charge in [-0.1, -0.05) is 19.1 Å². The summed E-state index contributed by atoms with van der Waals surface area (Å²) < 4.78 is 5.08. The molecule has 0 heterocycles. The third-order valence-corrected chi connectivity index (χ3v) is 2.91. The summed E-state index contributed by atoms with van der Waals surface area (Å²) in [7, 11) is 1.63. The molecule has 0 saturated carbocycles. The highest BCUT2D eigenvalue weighted by Gasteiger charge is 2.07. The Bertz CT molecular complexity index is 375. The van der Waals surface area contributed by atoms with E-state index in [0.29, 0.717) is 13.0 Å². The average Bonchev–Trinajstić information content (AvgIpc) is 2.45. The maximum atomic E-state index is 11.5. The van der Waals surface area contributed by atoms with Crippen molar-refractivity contribution in [3.05, 3.63) is 29.8 Å². The molecular weight excluding hydrogens is 244 g/mol. The monoisotopic (exact) mass is 266 g/mol. The van der Waals surface area contributed by atoms with E-state index in [-0.39, 0.29) is 18.7 Å². The second-order valence-electron chi connectivity index (χ2n) is 4.29. The zero-order valence-corrected chi connectivity index (χ0v) is 11.5. The highest BCUT2D eigenvalue weighted by molar-refractivity contribution is 5.74. The predicted octanol–water partition coefficient (Wildman–Crippen LogP) is 1.31. The quantitative estimate of drug-likeness (QED) is 0.697. The minimum absolute atomic E-state index is 0.0393. The Morgan fingerprint density at radius 1 is 1.37 bits per heavy atom. The van der Waals surface area contributed by atoms with Gasteiger partial charge in [-0.2, -0.15) is 0 Å². The molecule has 1 rings (SSSR count). The van der Waals surface area contributed by atoms with Crippen molar-refractivity contribution in [2.45, 2.75) is 25.8 Å². The predicted molar refractivity (Wildman–Crippen MR) is 74.4 cm³/mol. The first kappa shape index (κ1) is 15.3. The maximum Gasteiger partial charge on any atom is 0.315 e. The van der Waals surface area contributed by atoms with E-state index in [1.54, 1.807) is 7.11 Å².